The zero-order valence-electron chi connectivity index (χ0n) is 27.5. The predicted molar refractivity (Wildman–Crippen MR) is 159 cm³/mol. The first-order valence-corrected chi connectivity index (χ1v) is 16.8. The van der Waals surface area contributed by atoms with E-state index in [0.717, 1.165) is 44.1 Å². The molecule has 2 aliphatic heterocycles. The zero-order chi connectivity index (χ0) is 30.7. The van der Waals surface area contributed by atoms with E-state index in [1.165, 1.54) is 0 Å². The lowest BCUT2D eigenvalue weighted by molar-refractivity contribution is -0.200. The van der Waals surface area contributed by atoms with E-state index in [4.69, 9.17) is 18.9 Å². The van der Waals surface area contributed by atoms with Crippen molar-refractivity contribution in [2.45, 2.75) is 173 Å². The monoisotopic (exact) mass is 588 g/mol. The number of ether oxygens (including phenoxy) is 4. The molecule has 3 saturated carbocycles. The minimum absolute atomic E-state index is 0.0196. The third-order valence-electron chi connectivity index (χ3n) is 13.3. The molecular formula is C35H56O7. The van der Waals surface area contributed by atoms with Gasteiger partial charge >= 0.3 is 0 Å². The number of hydrogen-bond acceptors (Lipinski definition) is 7. The lowest BCUT2D eigenvalue weighted by Gasteiger charge is -2.60. The number of rotatable bonds is 6. The van der Waals surface area contributed by atoms with Gasteiger partial charge in [-0.3, -0.25) is 4.79 Å². The summed E-state index contributed by atoms with van der Waals surface area (Å²) in [6, 6.07) is 0. The second-order valence-corrected chi connectivity index (χ2v) is 16.5. The minimum Gasteiger partial charge on any atom is -0.390 e. The highest BCUT2D eigenvalue weighted by atomic mass is 16.8. The Morgan fingerprint density at radius 3 is 2.24 bits per heavy atom. The number of carbonyl (C=O) groups excluding carboxylic acids is 1. The molecule has 2 saturated heterocycles. The summed E-state index contributed by atoms with van der Waals surface area (Å²) in [6.45, 7) is 18.6. The van der Waals surface area contributed by atoms with Crippen LogP contribution in [0, 0.1) is 28.6 Å². The molecule has 0 bridgehead atoms. The third-order valence-corrected chi connectivity index (χ3v) is 13.3. The number of hydrogen-bond donors (Lipinski definition) is 2. The third kappa shape index (κ3) is 4.38. The van der Waals surface area contributed by atoms with Crippen molar-refractivity contribution in [3.63, 3.8) is 0 Å². The fourth-order valence-corrected chi connectivity index (χ4v) is 10.6. The van der Waals surface area contributed by atoms with Gasteiger partial charge in [0.2, 0.25) is 0 Å². The highest BCUT2D eigenvalue weighted by molar-refractivity contribution is 5.95. The molecule has 4 aliphatic carbocycles. The smallest absolute Gasteiger partial charge is 0.166 e. The summed E-state index contributed by atoms with van der Waals surface area (Å²) in [6.07, 6.45) is 9.08. The summed E-state index contributed by atoms with van der Waals surface area (Å²) in [5.74, 6) is -1.08. The standard InChI is InChI=1S/C35H56O7/c1-10-32(7)39-25-19-23-24(36)18-22-21(30(23,5)20-26(25)40-32)12-16-31(6)27(13-17-35(22,31)38)34(9)28(14-15-29(3,4)37)41-33(8,11-2)42-34/h18,21,23,25-28,37-38H,10-17,19-20H2,1-9H3/t21-,23+,25-,26+,27-,28+,30-,31-,32+,33+,34-,35-/m1/s1. The van der Waals surface area contributed by atoms with Crippen molar-refractivity contribution in [3.05, 3.63) is 11.6 Å². The van der Waals surface area contributed by atoms with E-state index in [9.17, 15) is 15.0 Å². The van der Waals surface area contributed by atoms with Gasteiger partial charge in [-0.2, -0.15) is 0 Å². The Kier molecular flexibility index (Phi) is 7.12. The summed E-state index contributed by atoms with van der Waals surface area (Å²) in [5.41, 5.74) is -2.28. The van der Waals surface area contributed by atoms with Gasteiger partial charge in [0.25, 0.3) is 0 Å². The van der Waals surface area contributed by atoms with Crippen LogP contribution in [-0.2, 0) is 23.7 Å². The summed E-state index contributed by atoms with van der Waals surface area (Å²) < 4.78 is 26.4. The molecule has 7 nitrogen and oxygen atoms in total. The van der Waals surface area contributed by atoms with E-state index in [0.29, 0.717) is 25.7 Å². The molecule has 0 unspecified atom stereocenters. The maximum atomic E-state index is 13.9. The van der Waals surface area contributed by atoms with Crippen LogP contribution >= 0.6 is 0 Å². The largest absolute Gasteiger partial charge is 0.390 e. The Morgan fingerprint density at radius 1 is 0.929 bits per heavy atom. The summed E-state index contributed by atoms with van der Waals surface area (Å²) in [5, 5.41) is 23.4. The molecule has 2 N–H and O–H groups in total. The first-order chi connectivity index (χ1) is 19.4. The maximum absolute atomic E-state index is 13.9. The quantitative estimate of drug-likeness (QED) is 0.380. The number of carbonyl (C=O) groups is 1. The predicted octanol–water partition coefficient (Wildman–Crippen LogP) is 6.23. The molecule has 0 spiro atoms. The molecule has 42 heavy (non-hydrogen) atoms. The summed E-state index contributed by atoms with van der Waals surface area (Å²) in [7, 11) is 0. The van der Waals surface area contributed by atoms with Gasteiger partial charge in [-0.1, -0.05) is 27.7 Å². The van der Waals surface area contributed by atoms with Gasteiger partial charge in [0.05, 0.1) is 35.1 Å². The Hall–Kier alpha value is -0.830. The van der Waals surface area contributed by atoms with Crippen LogP contribution in [0.2, 0.25) is 0 Å². The van der Waals surface area contributed by atoms with Gasteiger partial charge in [0, 0.05) is 11.3 Å². The van der Waals surface area contributed by atoms with Gasteiger partial charge in [-0.15, -0.1) is 0 Å². The lowest BCUT2D eigenvalue weighted by atomic mass is 9.45. The van der Waals surface area contributed by atoms with Gasteiger partial charge in [-0.05, 0) is 128 Å². The van der Waals surface area contributed by atoms with Crippen LogP contribution in [0.5, 0.6) is 0 Å². The van der Waals surface area contributed by atoms with Gasteiger partial charge in [0.15, 0.2) is 17.4 Å². The number of allylic oxidation sites excluding steroid dienone is 1. The van der Waals surface area contributed by atoms with Crippen LogP contribution in [0.25, 0.3) is 0 Å². The normalized spacial score (nSPS) is 53.8. The van der Waals surface area contributed by atoms with Crippen molar-refractivity contribution in [2.24, 2.45) is 28.6 Å². The summed E-state index contributed by atoms with van der Waals surface area (Å²) in [4.78, 5) is 13.9. The molecule has 0 radical (unpaired) electrons. The first kappa shape index (κ1) is 31.2. The number of aliphatic hydroxyl groups is 2. The lowest BCUT2D eigenvalue weighted by Crippen LogP contribution is -2.62. The fraction of sp³-hybridized carbons (Fsp3) is 0.914. The highest BCUT2D eigenvalue weighted by Crippen LogP contribution is 2.70. The Bertz CT molecular complexity index is 1140. The van der Waals surface area contributed by atoms with Crippen LogP contribution in [0.15, 0.2) is 11.6 Å². The van der Waals surface area contributed by atoms with E-state index in [1.807, 2.05) is 33.8 Å². The van der Waals surface area contributed by atoms with Gasteiger partial charge in [0.1, 0.15) is 0 Å². The fourth-order valence-electron chi connectivity index (χ4n) is 10.6. The van der Waals surface area contributed by atoms with Crippen LogP contribution < -0.4 is 0 Å². The van der Waals surface area contributed by atoms with E-state index in [1.54, 1.807) is 0 Å². The second kappa shape index (κ2) is 9.59. The van der Waals surface area contributed by atoms with Crippen molar-refractivity contribution in [3.8, 4) is 0 Å². The molecule has 0 aromatic carbocycles. The molecule has 6 rings (SSSR count). The molecule has 2 heterocycles. The number of ketones is 1. The van der Waals surface area contributed by atoms with Crippen molar-refractivity contribution < 1.29 is 34.0 Å². The molecule has 0 amide bonds. The van der Waals surface area contributed by atoms with Crippen LogP contribution in [0.1, 0.15) is 127 Å². The van der Waals surface area contributed by atoms with Crippen molar-refractivity contribution in [2.75, 3.05) is 0 Å². The van der Waals surface area contributed by atoms with E-state index in [-0.39, 0.29) is 47.3 Å². The summed E-state index contributed by atoms with van der Waals surface area (Å²) >= 11 is 0. The minimum atomic E-state index is -1.08. The van der Waals surface area contributed by atoms with E-state index in [2.05, 4.69) is 34.6 Å². The average Bonchev–Trinajstić information content (AvgIpc) is 3.47. The SMILES string of the molecule is CC[C@@]1(C)O[C@@H](CCC(C)(C)O)[C@@](C)([C@@H]2CC[C@@]3(O)C4=CC(=O)[C@@H]5C[C@H]6O[C@](C)(CC)O[C@H]6C[C@]5(C)[C@@H]4CC[C@]23C)O1. The second-order valence-electron chi connectivity index (χ2n) is 16.5. The average molecular weight is 589 g/mol. The molecule has 6 aliphatic rings. The topological polar surface area (TPSA) is 94.5 Å². The maximum Gasteiger partial charge on any atom is 0.166 e. The highest BCUT2D eigenvalue weighted by Gasteiger charge is 2.72. The van der Waals surface area contributed by atoms with E-state index < -0.39 is 33.8 Å². The van der Waals surface area contributed by atoms with Gasteiger partial charge < -0.3 is 29.2 Å². The van der Waals surface area contributed by atoms with Crippen LogP contribution in [0.3, 0.4) is 0 Å². The van der Waals surface area contributed by atoms with Crippen molar-refractivity contribution in [1.82, 2.24) is 0 Å². The van der Waals surface area contributed by atoms with Crippen LogP contribution in [-0.4, -0.2) is 62.7 Å². The molecule has 5 fully saturated rings. The van der Waals surface area contributed by atoms with Gasteiger partial charge in [-0.25, -0.2) is 0 Å². The van der Waals surface area contributed by atoms with E-state index >= 15 is 0 Å². The molecular weight excluding hydrogens is 532 g/mol. The Labute approximate surface area is 253 Å². The Morgan fingerprint density at radius 2 is 1.60 bits per heavy atom. The molecule has 12 atom stereocenters. The molecule has 238 valence electrons. The molecule has 0 aromatic heterocycles. The number of fused-ring (bicyclic) bond motifs is 6. The van der Waals surface area contributed by atoms with Crippen molar-refractivity contribution in [1.29, 1.82) is 0 Å². The van der Waals surface area contributed by atoms with Crippen LogP contribution in [0.4, 0.5) is 0 Å². The molecule has 0 aromatic rings. The first-order valence-electron chi connectivity index (χ1n) is 16.8. The molecule has 7 heteroatoms. The van der Waals surface area contributed by atoms with Crippen molar-refractivity contribution >= 4 is 5.78 Å². The Balaban J connectivity index is 1.33. The zero-order valence-corrected chi connectivity index (χ0v) is 27.5.